The largest absolute Gasteiger partial charge is 0.401 e. The van der Waals surface area contributed by atoms with E-state index in [2.05, 4.69) is 10.2 Å². The molecule has 0 aliphatic carbocycles. The maximum atomic E-state index is 11.8. The van der Waals surface area contributed by atoms with Gasteiger partial charge in [0.15, 0.2) is 0 Å². The van der Waals surface area contributed by atoms with Crippen LogP contribution in [-0.4, -0.2) is 69.8 Å². The average Bonchev–Trinajstić information content (AvgIpc) is 2.10. The molecule has 3 nitrogen and oxygen atoms in total. The molecule has 0 aromatic heterocycles. The van der Waals surface area contributed by atoms with Crippen LogP contribution in [0, 0.1) is 0 Å². The lowest BCUT2D eigenvalue weighted by Gasteiger charge is -2.18. The van der Waals surface area contributed by atoms with Gasteiger partial charge < -0.3 is 15.1 Å². The van der Waals surface area contributed by atoms with Crippen molar-refractivity contribution in [1.29, 1.82) is 0 Å². The van der Waals surface area contributed by atoms with Gasteiger partial charge in [-0.3, -0.25) is 0 Å². The second kappa shape index (κ2) is 7.86. The van der Waals surface area contributed by atoms with Crippen molar-refractivity contribution in [3.05, 3.63) is 0 Å². The van der Waals surface area contributed by atoms with E-state index < -0.39 is 12.7 Å². The molecule has 0 aliphatic rings. The van der Waals surface area contributed by atoms with Gasteiger partial charge in [0.25, 0.3) is 0 Å². The van der Waals surface area contributed by atoms with E-state index in [1.54, 1.807) is 0 Å². The highest BCUT2D eigenvalue weighted by Gasteiger charge is 2.25. The maximum Gasteiger partial charge on any atom is 0.401 e. The third-order valence-electron chi connectivity index (χ3n) is 2.14. The molecular weight excluding hydrogens is 219 g/mol. The smallest absolute Gasteiger partial charge is 0.309 e. The molecule has 0 heterocycles. The molecule has 0 saturated carbocycles. The minimum absolute atomic E-state index is 0.373. The SMILES string of the molecule is CN(C)CCCN(C)CCNCC(F)(F)F. The van der Waals surface area contributed by atoms with Crippen LogP contribution >= 0.6 is 0 Å². The first kappa shape index (κ1) is 15.7. The number of nitrogens with one attached hydrogen (secondary N) is 1. The van der Waals surface area contributed by atoms with Crippen LogP contribution < -0.4 is 5.32 Å². The van der Waals surface area contributed by atoms with Crippen molar-refractivity contribution >= 4 is 0 Å². The third kappa shape index (κ3) is 11.7. The van der Waals surface area contributed by atoms with Gasteiger partial charge in [-0.2, -0.15) is 13.2 Å². The Morgan fingerprint density at radius 2 is 1.62 bits per heavy atom. The van der Waals surface area contributed by atoms with E-state index in [1.165, 1.54) is 0 Å². The number of alkyl halides is 3. The highest BCUT2D eigenvalue weighted by atomic mass is 19.4. The van der Waals surface area contributed by atoms with Gasteiger partial charge in [-0.05, 0) is 40.7 Å². The second-order valence-corrected chi connectivity index (χ2v) is 4.25. The molecule has 0 atom stereocenters. The Balaban J connectivity index is 3.34. The summed E-state index contributed by atoms with van der Waals surface area (Å²) in [5, 5.41) is 2.38. The van der Waals surface area contributed by atoms with E-state index in [-0.39, 0.29) is 0 Å². The van der Waals surface area contributed by atoms with Crippen LogP contribution in [0.2, 0.25) is 0 Å². The van der Waals surface area contributed by atoms with E-state index in [1.807, 2.05) is 26.0 Å². The molecule has 0 amide bonds. The topological polar surface area (TPSA) is 18.5 Å². The molecule has 98 valence electrons. The van der Waals surface area contributed by atoms with E-state index in [9.17, 15) is 13.2 Å². The van der Waals surface area contributed by atoms with Gasteiger partial charge in [-0.1, -0.05) is 0 Å². The highest BCUT2D eigenvalue weighted by molar-refractivity contribution is 4.59. The molecular formula is C10H22F3N3. The number of nitrogens with zero attached hydrogens (tertiary/aromatic N) is 2. The van der Waals surface area contributed by atoms with Crippen molar-refractivity contribution in [2.45, 2.75) is 12.6 Å². The lowest BCUT2D eigenvalue weighted by Crippen LogP contribution is -2.35. The summed E-state index contributed by atoms with van der Waals surface area (Å²) in [4.78, 5) is 4.13. The van der Waals surface area contributed by atoms with Crippen LogP contribution in [0.4, 0.5) is 13.2 Å². The Morgan fingerprint density at radius 1 is 1.00 bits per heavy atom. The van der Waals surface area contributed by atoms with E-state index in [0.29, 0.717) is 13.1 Å². The minimum Gasteiger partial charge on any atom is -0.309 e. The Bertz CT molecular complexity index is 171. The first-order chi connectivity index (χ1) is 7.31. The van der Waals surface area contributed by atoms with Gasteiger partial charge in [-0.15, -0.1) is 0 Å². The van der Waals surface area contributed by atoms with E-state index >= 15 is 0 Å². The molecule has 0 aromatic carbocycles. The quantitative estimate of drug-likeness (QED) is 0.640. The summed E-state index contributed by atoms with van der Waals surface area (Å²) < 4.78 is 35.4. The fraction of sp³-hybridized carbons (Fsp3) is 1.00. The molecule has 0 rings (SSSR count). The van der Waals surface area contributed by atoms with Gasteiger partial charge in [0, 0.05) is 13.1 Å². The normalized spacial score (nSPS) is 12.8. The summed E-state index contributed by atoms with van der Waals surface area (Å²) in [6.07, 6.45) is -3.08. The molecule has 0 saturated heterocycles. The zero-order valence-corrected chi connectivity index (χ0v) is 10.3. The lowest BCUT2D eigenvalue weighted by atomic mass is 10.3. The first-order valence-corrected chi connectivity index (χ1v) is 5.42. The zero-order valence-electron chi connectivity index (χ0n) is 10.3. The molecule has 0 bridgehead atoms. The van der Waals surface area contributed by atoms with Crippen LogP contribution in [-0.2, 0) is 0 Å². The minimum atomic E-state index is -4.11. The van der Waals surface area contributed by atoms with Gasteiger partial charge in [0.05, 0.1) is 6.54 Å². The molecule has 0 radical (unpaired) electrons. The van der Waals surface area contributed by atoms with E-state index in [0.717, 1.165) is 19.5 Å². The van der Waals surface area contributed by atoms with Crippen LogP contribution in [0.15, 0.2) is 0 Å². The molecule has 0 unspecified atom stereocenters. The predicted octanol–water partition coefficient (Wildman–Crippen LogP) is 1.02. The van der Waals surface area contributed by atoms with Gasteiger partial charge in [0.2, 0.25) is 0 Å². The van der Waals surface area contributed by atoms with Crippen LogP contribution in [0.1, 0.15) is 6.42 Å². The monoisotopic (exact) mass is 241 g/mol. The summed E-state index contributed by atoms with van der Waals surface area (Å²) in [6, 6.07) is 0. The third-order valence-corrected chi connectivity index (χ3v) is 2.14. The van der Waals surface area contributed by atoms with Crippen molar-refractivity contribution in [3.8, 4) is 0 Å². The Kier molecular flexibility index (Phi) is 7.70. The van der Waals surface area contributed by atoms with Crippen molar-refractivity contribution in [2.75, 3.05) is 53.9 Å². The summed E-state index contributed by atoms with van der Waals surface area (Å²) in [6.45, 7) is 2.02. The Labute approximate surface area is 95.6 Å². The van der Waals surface area contributed by atoms with Gasteiger partial charge in [-0.25, -0.2) is 0 Å². The van der Waals surface area contributed by atoms with Gasteiger partial charge in [0.1, 0.15) is 0 Å². The maximum absolute atomic E-state index is 11.8. The summed E-state index contributed by atoms with van der Waals surface area (Å²) in [7, 11) is 5.93. The average molecular weight is 241 g/mol. The molecule has 0 aliphatic heterocycles. The standard InChI is InChI=1S/C10H22F3N3/c1-15(2)6-4-7-16(3)8-5-14-9-10(11,12)13/h14H,4-9H2,1-3H3. The second-order valence-electron chi connectivity index (χ2n) is 4.25. The highest BCUT2D eigenvalue weighted by Crippen LogP contribution is 2.11. The number of likely N-dealkylation sites (N-methyl/N-ethyl adjacent to an activating group) is 1. The number of rotatable bonds is 8. The van der Waals surface area contributed by atoms with E-state index in [4.69, 9.17) is 0 Å². The summed E-state index contributed by atoms with van der Waals surface area (Å²) in [5.41, 5.74) is 0. The fourth-order valence-corrected chi connectivity index (χ4v) is 1.27. The molecule has 0 spiro atoms. The van der Waals surface area contributed by atoms with Crippen molar-refractivity contribution in [2.24, 2.45) is 0 Å². The Hall–Kier alpha value is -0.330. The number of hydrogen-bond donors (Lipinski definition) is 1. The van der Waals surface area contributed by atoms with Crippen molar-refractivity contribution in [3.63, 3.8) is 0 Å². The van der Waals surface area contributed by atoms with Crippen molar-refractivity contribution in [1.82, 2.24) is 15.1 Å². The Morgan fingerprint density at radius 3 is 2.12 bits per heavy atom. The summed E-state index contributed by atoms with van der Waals surface area (Å²) >= 11 is 0. The zero-order chi connectivity index (χ0) is 12.6. The lowest BCUT2D eigenvalue weighted by molar-refractivity contribution is -0.124. The summed E-state index contributed by atoms with van der Waals surface area (Å²) in [5.74, 6) is 0. The first-order valence-electron chi connectivity index (χ1n) is 5.42. The predicted molar refractivity (Wildman–Crippen MR) is 59.6 cm³/mol. The van der Waals surface area contributed by atoms with Gasteiger partial charge >= 0.3 is 6.18 Å². The fourth-order valence-electron chi connectivity index (χ4n) is 1.27. The molecule has 6 heteroatoms. The molecule has 16 heavy (non-hydrogen) atoms. The number of hydrogen-bond acceptors (Lipinski definition) is 3. The van der Waals surface area contributed by atoms with Crippen molar-refractivity contribution < 1.29 is 13.2 Å². The van der Waals surface area contributed by atoms with Crippen LogP contribution in [0.25, 0.3) is 0 Å². The molecule has 0 fully saturated rings. The van der Waals surface area contributed by atoms with Crippen LogP contribution in [0.5, 0.6) is 0 Å². The molecule has 0 aromatic rings. The van der Waals surface area contributed by atoms with Crippen LogP contribution in [0.3, 0.4) is 0 Å². The molecule has 1 N–H and O–H groups in total. The number of halogens is 3.